The quantitative estimate of drug-likeness (QED) is 0.741. The zero-order valence-electron chi connectivity index (χ0n) is 10.2. The first kappa shape index (κ1) is 13.2. The number of hydrogen-bond donors (Lipinski definition) is 3. The van der Waals surface area contributed by atoms with Crippen molar-refractivity contribution in [2.24, 2.45) is 0 Å². The number of H-pyrrole nitrogens is 1. The van der Waals surface area contributed by atoms with Crippen LogP contribution >= 0.6 is 0 Å². The van der Waals surface area contributed by atoms with Gasteiger partial charge in [-0.15, -0.1) is 0 Å². The monoisotopic (exact) mass is 240 g/mol. The molecule has 1 aromatic rings. The van der Waals surface area contributed by atoms with E-state index < -0.39 is 17.5 Å². The molecule has 17 heavy (non-hydrogen) atoms. The molecule has 1 heterocycles. The highest BCUT2D eigenvalue weighted by molar-refractivity contribution is 6.03. The largest absolute Gasteiger partial charge is 0.478 e. The smallest absolute Gasteiger partial charge is 0.339 e. The van der Waals surface area contributed by atoms with Gasteiger partial charge in [-0.25, -0.2) is 4.79 Å². The normalized spacial score (nSPS) is 11.3. The Labute approximate surface area is 99.0 Å². The van der Waals surface area contributed by atoms with E-state index in [0.29, 0.717) is 5.69 Å². The Morgan fingerprint density at radius 3 is 2.53 bits per heavy atom. The van der Waals surface area contributed by atoms with Gasteiger partial charge >= 0.3 is 5.97 Å². The van der Waals surface area contributed by atoms with Gasteiger partial charge in [0.05, 0.1) is 5.69 Å². The molecule has 0 saturated heterocycles. The number of carbonyl (C=O) groups is 2. The third-order valence-electron chi connectivity index (χ3n) is 2.60. The van der Waals surface area contributed by atoms with E-state index in [2.05, 4.69) is 10.3 Å². The van der Waals surface area contributed by atoms with E-state index in [-0.39, 0.29) is 11.3 Å². The maximum atomic E-state index is 11.8. The molecule has 0 aliphatic carbocycles. The van der Waals surface area contributed by atoms with E-state index in [4.69, 9.17) is 9.84 Å². The van der Waals surface area contributed by atoms with E-state index in [0.717, 1.165) is 0 Å². The third kappa shape index (κ3) is 2.65. The Kier molecular flexibility index (Phi) is 3.57. The van der Waals surface area contributed by atoms with Crippen molar-refractivity contribution < 1.29 is 19.4 Å². The second-order valence-corrected chi connectivity index (χ2v) is 4.18. The first-order valence-corrected chi connectivity index (χ1v) is 5.07. The minimum Gasteiger partial charge on any atom is -0.478 e. The van der Waals surface area contributed by atoms with Gasteiger partial charge in [-0.3, -0.25) is 4.79 Å². The van der Waals surface area contributed by atoms with Gasteiger partial charge in [-0.05, 0) is 20.8 Å². The van der Waals surface area contributed by atoms with E-state index in [1.54, 1.807) is 20.8 Å². The standard InChI is InChI=1S/C11H16N2O4/c1-6-8(9(14)15)7(5-12-6)13-10(16)11(2,3)17-4/h5,12H,1-4H3,(H,13,16)(H,14,15). The number of amides is 1. The van der Waals surface area contributed by atoms with Gasteiger partial charge in [0.2, 0.25) is 0 Å². The average Bonchev–Trinajstić information content (AvgIpc) is 2.59. The van der Waals surface area contributed by atoms with Gasteiger partial charge in [0, 0.05) is 19.0 Å². The number of carbonyl (C=O) groups excluding carboxylic acids is 1. The van der Waals surface area contributed by atoms with Gasteiger partial charge in [0.15, 0.2) is 0 Å². The number of hydrogen-bond acceptors (Lipinski definition) is 3. The van der Waals surface area contributed by atoms with Gasteiger partial charge in [-0.1, -0.05) is 0 Å². The Hall–Kier alpha value is -1.82. The molecule has 0 aliphatic rings. The lowest BCUT2D eigenvalue weighted by Gasteiger charge is -2.21. The fraction of sp³-hybridized carbons (Fsp3) is 0.455. The van der Waals surface area contributed by atoms with Crippen LogP contribution in [-0.2, 0) is 9.53 Å². The molecule has 0 fully saturated rings. The van der Waals surface area contributed by atoms with Gasteiger partial charge < -0.3 is 20.1 Å². The molecular weight excluding hydrogens is 224 g/mol. The lowest BCUT2D eigenvalue weighted by molar-refractivity contribution is -0.133. The van der Waals surface area contributed by atoms with Gasteiger partial charge in [0.1, 0.15) is 11.2 Å². The Morgan fingerprint density at radius 2 is 2.06 bits per heavy atom. The van der Waals surface area contributed by atoms with Crippen LogP contribution in [0.2, 0.25) is 0 Å². The Bertz CT molecular complexity index is 448. The summed E-state index contributed by atoms with van der Waals surface area (Å²) in [6.45, 7) is 4.82. The number of methoxy groups -OCH3 is 1. The molecule has 6 nitrogen and oxygen atoms in total. The molecule has 3 N–H and O–H groups in total. The SMILES string of the molecule is COC(C)(C)C(=O)Nc1c[nH]c(C)c1C(=O)O. The highest BCUT2D eigenvalue weighted by atomic mass is 16.5. The molecular formula is C11H16N2O4. The fourth-order valence-electron chi connectivity index (χ4n) is 1.27. The Morgan fingerprint density at radius 1 is 1.47 bits per heavy atom. The molecule has 0 atom stereocenters. The van der Waals surface area contributed by atoms with E-state index in [9.17, 15) is 9.59 Å². The van der Waals surface area contributed by atoms with Crippen molar-refractivity contribution in [2.75, 3.05) is 12.4 Å². The van der Waals surface area contributed by atoms with Crippen molar-refractivity contribution in [1.29, 1.82) is 0 Å². The van der Waals surface area contributed by atoms with Crippen LogP contribution < -0.4 is 5.32 Å². The van der Waals surface area contributed by atoms with Crippen molar-refractivity contribution in [1.82, 2.24) is 4.98 Å². The van der Waals surface area contributed by atoms with Crippen LogP contribution in [0.4, 0.5) is 5.69 Å². The van der Waals surface area contributed by atoms with Crippen LogP contribution in [0.15, 0.2) is 6.20 Å². The topological polar surface area (TPSA) is 91.4 Å². The summed E-state index contributed by atoms with van der Waals surface area (Å²) in [5, 5.41) is 11.5. The van der Waals surface area contributed by atoms with Gasteiger partial charge in [-0.2, -0.15) is 0 Å². The average molecular weight is 240 g/mol. The van der Waals surface area contributed by atoms with Crippen molar-refractivity contribution in [2.45, 2.75) is 26.4 Å². The number of rotatable bonds is 4. The van der Waals surface area contributed by atoms with E-state index >= 15 is 0 Å². The summed E-state index contributed by atoms with van der Waals surface area (Å²) < 4.78 is 5.01. The number of nitrogens with one attached hydrogen (secondary N) is 2. The number of aryl methyl sites for hydroxylation is 1. The Balaban J connectivity index is 2.97. The number of aromatic carboxylic acids is 1. The molecule has 0 saturated carbocycles. The molecule has 0 unspecified atom stereocenters. The van der Waals surface area contributed by atoms with Crippen molar-refractivity contribution in [3.05, 3.63) is 17.5 Å². The van der Waals surface area contributed by atoms with Crippen molar-refractivity contribution >= 4 is 17.6 Å². The number of carboxylic acid groups (broad SMARTS) is 1. The zero-order chi connectivity index (χ0) is 13.2. The fourth-order valence-corrected chi connectivity index (χ4v) is 1.27. The first-order valence-electron chi connectivity index (χ1n) is 5.07. The number of aromatic nitrogens is 1. The van der Waals surface area contributed by atoms with E-state index in [1.807, 2.05) is 0 Å². The molecule has 0 radical (unpaired) electrons. The predicted octanol–water partition coefficient (Wildman–Crippen LogP) is 1.38. The lowest BCUT2D eigenvalue weighted by Crippen LogP contribution is -2.39. The molecule has 1 amide bonds. The summed E-state index contributed by atoms with van der Waals surface area (Å²) in [5.41, 5.74) is -0.223. The molecule has 94 valence electrons. The number of anilines is 1. The first-order chi connectivity index (χ1) is 7.79. The molecule has 6 heteroatoms. The summed E-state index contributed by atoms with van der Waals surface area (Å²) in [5.74, 6) is -1.49. The highest BCUT2D eigenvalue weighted by Gasteiger charge is 2.28. The van der Waals surface area contributed by atoms with Crippen LogP contribution in [-0.4, -0.2) is 34.7 Å². The number of aromatic amines is 1. The number of carboxylic acids is 1. The molecule has 1 rings (SSSR count). The second kappa shape index (κ2) is 4.58. The van der Waals surface area contributed by atoms with Gasteiger partial charge in [0.25, 0.3) is 5.91 Å². The van der Waals surface area contributed by atoms with E-state index in [1.165, 1.54) is 13.3 Å². The van der Waals surface area contributed by atoms with Crippen LogP contribution in [0, 0.1) is 6.92 Å². The minimum absolute atomic E-state index is 0.0604. The summed E-state index contributed by atoms with van der Waals surface area (Å²) in [6.07, 6.45) is 1.45. The summed E-state index contributed by atoms with van der Waals surface area (Å²) in [6, 6.07) is 0. The van der Waals surface area contributed by atoms with Crippen molar-refractivity contribution in [3.8, 4) is 0 Å². The molecule has 1 aromatic heterocycles. The van der Waals surface area contributed by atoms with Crippen LogP contribution in [0.3, 0.4) is 0 Å². The van der Waals surface area contributed by atoms with Crippen LogP contribution in [0.1, 0.15) is 29.9 Å². The lowest BCUT2D eigenvalue weighted by atomic mass is 10.1. The van der Waals surface area contributed by atoms with Crippen molar-refractivity contribution in [3.63, 3.8) is 0 Å². The molecule has 0 bridgehead atoms. The van der Waals surface area contributed by atoms with Crippen LogP contribution in [0.5, 0.6) is 0 Å². The minimum atomic E-state index is -1.09. The highest BCUT2D eigenvalue weighted by Crippen LogP contribution is 2.21. The number of ether oxygens (including phenoxy) is 1. The second-order valence-electron chi connectivity index (χ2n) is 4.18. The summed E-state index contributed by atoms with van der Waals surface area (Å²) >= 11 is 0. The molecule has 0 spiro atoms. The molecule has 0 aromatic carbocycles. The predicted molar refractivity (Wildman–Crippen MR) is 62.2 cm³/mol. The molecule has 0 aliphatic heterocycles. The zero-order valence-corrected chi connectivity index (χ0v) is 10.2. The summed E-state index contributed by atoms with van der Waals surface area (Å²) in [7, 11) is 1.42. The third-order valence-corrected chi connectivity index (χ3v) is 2.60. The van der Waals surface area contributed by atoms with Crippen LogP contribution in [0.25, 0.3) is 0 Å². The maximum absolute atomic E-state index is 11.8. The summed E-state index contributed by atoms with van der Waals surface area (Å²) in [4.78, 5) is 25.6. The maximum Gasteiger partial charge on any atom is 0.339 e.